The van der Waals surface area contributed by atoms with Crippen molar-refractivity contribution in [1.29, 1.82) is 0 Å². The van der Waals surface area contributed by atoms with Crippen LogP contribution in [0.25, 0.3) is 22.3 Å². The molecule has 0 amide bonds. The second-order valence-electron chi connectivity index (χ2n) is 6.09. The van der Waals surface area contributed by atoms with Crippen LogP contribution in [0.4, 0.5) is 0 Å². The first-order valence-electron chi connectivity index (χ1n) is 8.27. The summed E-state index contributed by atoms with van der Waals surface area (Å²) < 4.78 is 7.70. The first kappa shape index (κ1) is 17.4. The van der Waals surface area contributed by atoms with Crippen molar-refractivity contribution in [2.45, 2.75) is 13.8 Å². The fourth-order valence-electron chi connectivity index (χ4n) is 2.72. The van der Waals surface area contributed by atoms with E-state index in [1.807, 2.05) is 32.0 Å². The maximum absolute atomic E-state index is 13.1. The Labute approximate surface area is 163 Å². The van der Waals surface area contributed by atoms with Gasteiger partial charge < -0.3 is 4.42 Å². The number of benzene rings is 1. The molecule has 4 aromatic rings. The maximum Gasteiger partial charge on any atom is 0.282 e. The van der Waals surface area contributed by atoms with Gasteiger partial charge in [-0.3, -0.25) is 9.78 Å². The molecule has 0 unspecified atom stereocenters. The molecule has 3 aromatic heterocycles. The monoisotopic (exact) mass is 422 g/mol. The van der Waals surface area contributed by atoms with Crippen molar-refractivity contribution in [2.75, 3.05) is 0 Å². The molecule has 4 rings (SSSR count). The molecule has 0 N–H and O–H groups in total. The number of rotatable bonds is 3. The van der Waals surface area contributed by atoms with E-state index < -0.39 is 0 Å². The van der Waals surface area contributed by atoms with E-state index in [2.05, 4.69) is 31.0 Å². The lowest BCUT2D eigenvalue weighted by molar-refractivity contribution is 0.525. The fraction of sp³-hybridized carbons (Fsp3) is 0.100. The summed E-state index contributed by atoms with van der Waals surface area (Å²) in [5, 5.41) is 4.84. The molecule has 0 fully saturated rings. The molecular formula is C20H15BrN4O2. The molecular weight excluding hydrogens is 408 g/mol. The van der Waals surface area contributed by atoms with Crippen molar-refractivity contribution in [3.63, 3.8) is 0 Å². The Balaban J connectivity index is 1.95. The third-order valence-corrected chi connectivity index (χ3v) is 4.71. The Hall–Kier alpha value is -3.06. The Morgan fingerprint density at radius 2 is 2.07 bits per heavy atom. The summed E-state index contributed by atoms with van der Waals surface area (Å²) in [5.41, 5.74) is 2.05. The molecule has 6 nitrogen and oxygen atoms in total. The molecule has 0 radical (unpaired) electrons. The maximum atomic E-state index is 13.1. The average Bonchev–Trinajstić information content (AvgIpc) is 2.99. The Bertz CT molecular complexity index is 1210. The molecule has 27 heavy (non-hydrogen) atoms. The molecule has 0 saturated heterocycles. The normalized spacial score (nSPS) is 11.5. The molecule has 0 aliphatic carbocycles. The van der Waals surface area contributed by atoms with Crippen LogP contribution in [0.1, 0.15) is 17.1 Å². The van der Waals surface area contributed by atoms with Crippen LogP contribution in [0.3, 0.4) is 0 Å². The van der Waals surface area contributed by atoms with Crippen LogP contribution in [0, 0.1) is 13.8 Å². The quantitative estimate of drug-likeness (QED) is 0.461. The highest BCUT2D eigenvalue weighted by atomic mass is 79.9. The number of halogens is 1. The highest BCUT2D eigenvalue weighted by Crippen LogP contribution is 2.21. The van der Waals surface area contributed by atoms with Crippen molar-refractivity contribution in [3.05, 3.63) is 80.7 Å². The molecule has 0 bridgehead atoms. The minimum absolute atomic E-state index is 0.267. The standard InChI is InChI=1S/C20H15BrN4O2/c1-12-8-16(27-13(12)2)11-23-25-19(14-4-3-7-22-10-14)24-18-6-5-15(21)9-17(18)20(25)26/h3-11H,1-2H3. The topological polar surface area (TPSA) is 73.3 Å². The number of fused-ring (bicyclic) bond motifs is 1. The number of aromatic nitrogens is 3. The highest BCUT2D eigenvalue weighted by Gasteiger charge is 2.13. The second kappa shape index (κ2) is 6.92. The zero-order valence-electron chi connectivity index (χ0n) is 14.7. The summed E-state index contributed by atoms with van der Waals surface area (Å²) in [7, 11) is 0. The van der Waals surface area contributed by atoms with Crippen LogP contribution < -0.4 is 5.56 Å². The molecule has 0 atom stereocenters. The Morgan fingerprint density at radius 1 is 1.22 bits per heavy atom. The van der Waals surface area contributed by atoms with Gasteiger partial charge in [-0.1, -0.05) is 15.9 Å². The van der Waals surface area contributed by atoms with Crippen molar-refractivity contribution >= 4 is 33.0 Å². The SMILES string of the molecule is Cc1cc(C=Nn2c(-c3cccnc3)nc3ccc(Br)cc3c2=O)oc1C. The smallest absolute Gasteiger partial charge is 0.282 e. The van der Waals surface area contributed by atoms with Crippen LogP contribution in [-0.2, 0) is 0 Å². The molecule has 134 valence electrons. The van der Waals surface area contributed by atoms with Crippen LogP contribution >= 0.6 is 15.9 Å². The molecule has 0 aliphatic heterocycles. The van der Waals surface area contributed by atoms with E-state index in [0.29, 0.717) is 28.1 Å². The number of furan rings is 1. The third-order valence-electron chi connectivity index (χ3n) is 4.21. The third kappa shape index (κ3) is 3.33. The fourth-order valence-corrected chi connectivity index (χ4v) is 3.08. The summed E-state index contributed by atoms with van der Waals surface area (Å²) in [6, 6.07) is 10.9. The molecule has 0 spiro atoms. The van der Waals surface area contributed by atoms with E-state index in [-0.39, 0.29) is 5.56 Å². The predicted molar refractivity (Wildman–Crippen MR) is 108 cm³/mol. The van der Waals surface area contributed by atoms with E-state index >= 15 is 0 Å². The van der Waals surface area contributed by atoms with Gasteiger partial charge in [0.1, 0.15) is 11.5 Å². The van der Waals surface area contributed by atoms with E-state index in [0.717, 1.165) is 15.8 Å². The number of nitrogens with zero attached hydrogens (tertiary/aromatic N) is 4. The molecule has 3 heterocycles. The number of hydrogen-bond donors (Lipinski definition) is 0. The van der Waals surface area contributed by atoms with E-state index in [4.69, 9.17) is 4.42 Å². The summed E-state index contributed by atoms with van der Waals surface area (Å²) >= 11 is 3.40. The summed E-state index contributed by atoms with van der Waals surface area (Å²) in [4.78, 5) is 21.9. The lowest BCUT2D eigenvalue weighted by Gasteiger charge is -2.09. The molecule has 0 saturated carbocycles. The van der Waals surface area contributed by atoms with Crippen molar-refractivity contribution in [2.24, 2.45) is 5.10 Å². The first-order valence-corrected chi connectivity index (χ1v) is 9.06. The Kier molecular flexibility index (Phi) is 4.45. The first-order chi connectivity index (χ1) is 13.0. The van der Waals surface area contributed by atoms with E-state index in [1.165, 1.54) is 10.9 Å². The van der Waals surface area contributed by atoms with E-state index in [9.17, 15) is 4.79 Å². The van der Waals surface area contributed by atoms with Crippen molar-refractivity contribution < 1.29 is 4.42 Å². The average molecular weight is 423 g/mol. The predicted octanol–water partition coefficient (Wildman–Crippen LogP) is 4.31. The molecule has 1 aromatic carbocycles. The van der Waals surface area contributed by atoms with Gasteiger partial charge in [0.15, 0.2) is 5.82 Å². The minimum Gasteiger partial charge on any atom is -0.460 e. The van der Waals surface area contributed by atoms with E-state index in [1.54, 1.807) is 30.6 Å². The lowest BCUT2D eigenvalue weighted by Crippen LogP contribution is -2.20. The largest absolute Gasteiger partial charge is 0.460 e. The highest BCUT2D eigenvalue weighted by molar-refractivity contribution is 9.10. The number of hydrogen-bond acceptors (Lipinski definition) is 5. The zero-order chi connectivity index (χ0) is 19.0. The van der Waals surface area contributed by atoms with Crippen LogP contribution in [0.5, 0.6) is 0 Å². The zero-order valence-corrected chi connectivity index (χ0v) is 16.3. The number of pyridine rings is 1. The minimum atomic E-state index is -0.267. The van der Waals surface area contributed by atoms with Gasteiger partial charge >= 0.3 is 0 Å². The van der Waals surface area contributed by atoms with Crippen LogP contribution in [0.15, 0.2) is 67.6 Å². The van der Waals surface area contributed by atoms with Gasteiger partial charge in [-0.05, 0) is 55.8 Å². The van der Waals surface area contributed by atoms with Crippen molar-refractivity contribution in [1.82, 2.24) is 14.6 Å². The van der Waals surface area contributed by atoms with Gasteiger partial charge in [0.25, 0.3) is 5.56 Å². The summed E-state index contributed by atoms with van der Waals surface area (Å²) in [6.45, 7) is 3.84. The Morgan fingerprint density at radius 3 is 2.78 bits per heavy atom. The lowest BCUT2D eigenvalue weighted by atomic mass is 10.2. The van der Waals surface area contributed by atoms with Gasteiger partial charge in [-0.2, -0.15) is 9.78 Å². The van der Waals surface area contributed by atoms with Gasteiger partial charge in [-0.25, -0.2) is 4.98 Å². The molecule has 0 aliphatic rings. The molecule has 7 heteroatoms. The second-order valence-corrected chi connectivity index (χ2v) is 7.00. The van der Waals surface area contributed by atoms with Crippen LogP contribution in [-0.4, -0.2) is 20.9 Å². The summed E-state index contributed by atoms with van der Waals surface area (Å²) in [5.74, 6) is 1.80. The summed E-state index contributed by atoms with van der Waals surface area (Å²) in [6.07, 6.45) is 4.84. The van der Waals surface area contributed by atoms with Crippen LogP contribution in [0.2, 0.25) is 0 Å². The number of aryl methyl sites for hydroxylation is 2. The van der Waals surface area contributed by atoms with Gasteiger partial charge in [0, 0.05) is 22.4 Å². The van der Waals surface area contributed by atoms with Gasteiger partial charge in [-0.15, -0.1) is 0 Å². The van der Waals surface area contributed by atoms with Crippen molar-refractivity contribution in [3.8, 4) is 11.4 Å². The van der Waals surface area contributed by atoms with Gasteiger partial charge in [0.2, 0.25) is 0 Å². The van der Waals surface area contributed by atoms with Gasteiger partial charge in [0.05, 0.1) is 17.1 Å².